The number of nitrogens with zero attached hydrogens (tertiary/aromatic N) is 2. The van der Waals surface area contributed by atoms with Gasteiger partial charge in [-0.2, -0.15) is 0 Å². The van der Waals surface area contributed by atoms with E-state index in [4.69, 9.17) is 4.98 Å². The van der Waals surface area contributed by atoms with E-state index in [1.54, 1.807) is 0 Å². The third-order valence-electron chi connectivity index (χ3n) is 5.70. The molecule has 0 aliphatic heterocycles. The van der Waals surface area contributed by atoms with Crippen LogP contribution >= 0.6 is 0 Å². The molecule has 1 aromatic heterocycles. The van der Waals surface area contributed by atoms with Gasteiger partial charge in [0.05, 0.1) is 11.0 Å². The standard InChI is InChI=1S/C24H39N3O/c1-4-7-8-14-19-27-22-16-12-11-15-21(22)26-23(27)17-10-9-13-18-25-24(28)20(5-2)6-3/h11-12,15-16,20H,4-10,13-14,17-19H2,1-3H3,(H,25,28). The van der Waals surface area contributed by atoms with Crippen molar-refractivity contribution < 1.29 is 4.79 Å². The number of aromatic nitrogens is 2. The molecule has 0 aliphatic rings. The predicted molar refractivity (Wildman–Crippen MR) is 119 cm³/mol. The van der Waals surface area contributed by atoms with Gasteiger partial charge in [0.2, 0.25) is 5.91 Å². The number of amides is 1. The molecule has 0 saturated heterocycles. The van der Waals surface area contributed by atoms with Crippen LogP contribution in [0.4, 0.5) is 0 Å². The summed E-state index contributed by atoms with van der Waals surface area (Å²) >= 11 is 0. The van der Waals surface area contributed by atoms with E-state index in [1.807, 2.05) is 0 Å². The quantitative estimate of drug-likeness (QED) is 0.413. The Hall–Kier alpha value is -1.84. The Kier molecular flexibility index (Phi) is 10.1. The number of carbonyl (C=O) groups excluding carboxylic acids is 1. The van der Waals surface area contributed by atoms with Crippen LogP contribution in [0.3, 0.4) is 0 Å². The average Bonchev–Trinajstić information content (AvgIpc) is 3.06. The maximum absolute atomic E-state index is 12.0. The molecule has 2 rings (SSSR count). The van der Waals surface area contributed by atoms with Gasteiger partial charge in [0.25, 0.3) is 0 Å². The Balaban J connectivity index is 1.80. The van der Waals surface area contributed by atoms with Crippen molar-refractivity contribution in [2.75, 3.05) is 6.54 Å². The van der Waals surface area contributed by atoms with Crippen molar-refractivity contribution in [3.8, 4) is 0 Å². The molecule has 4 heteroatoms. The molecule has 0 radical (unpaired) electrons. The molecule has 28 heavy (non-hydrogen) atoms. The molecule has 0 fully saturated rings. The van der Waals surface area contributed by atoms with E-state index in [-0.39, 0.29) is 11.8 Å². The van der Waals surface area contributed by atoms with Gasteiger partial charge in [-0.25, -0.2) is 4.98 Å². The van der Waals surface area contributed by atoms with E-state index in [1.165, 1.54) is 37.0 Å². The summed E-state index contributed by atoms with van der Waals surface area (Å²) in [5.41, 5.74) is 2.39. The Morgan fingerprint density at radius 3 is 2.50 bits per heavy atom. The van der Waals surface area contributed by atoms with Crippen LogP contribution in [0.2, 0.25) is 0 Å². The number of nitrogens with one attached hydrogen (secondary N) is 1. The SMILES string of the molecule is CCCCCCn1c(CCCCCNC(=O)C(CC)CC)nc2ccccc21. The van der Waals surface area contributed by atoms with E-state index in [9.17, 15) is 4.79 Å². The molecule has 1 aromatic carbocycles. The largest absolute Gasteiger partial charge is 0.356 e. The zero-order valence-corrected chi connectivity index (χ0v) is 18.2. The minimum atomic E-state index is 0.174. The highest BCUT2D eigenvalue weighted by Crippen LogP contribution is 2.19. The smallest absolute Gasteiger partial charge is 0.223 e. The van der Waals surface area contributed by atoms with Crippen LogP contribution < -0.4 is 5.32 Å². The van der Waals surface area contributed by atoms with Crippen molar-refractivity contribution in [1.82, 2.24) is 14.9 Å². The molecule has 4 nitrogen and oxygen atoms in total. The molecule has 2 aromatic rings. The molecule has 0 saturated carbocycles. The van der Waals surface area contributed by atoms with Crippen molar-refractivity contribution in [3.05, 3.63) is 30.1 Å². The molecule has 1 amide bonds. The molecule has 0 atom stereocenters. The van der Waals surface area contributed by atoms with E-state index in [0.717, 1.165) is 57.1 Å². The fourth-order valence-electron chi connectivity index (χ4n) is 3.86. The number of rotatable bonds is 14. The lowest BCUT2D eigenvalue weighted by Gasteiger charge is -2.12. The minimum absolute atomic E-state index is 0.174. The summed E-state index contributed by atoms with van der Waals surface area (Å²) in [4.78, 5) is 16.9. The highest BCUT2D eigenvalue weighted by Gasteiger charge is 2.13. The molecule has 0 spiro atoms. The first-order valence-corrected chi connectivity index (χ1v) is 11.4. The van der Waals surface area contributed by atoms with Crippen LogP contribution in [0.1, 0.15) is 84.4 Å². The second-order valence-electron chi connectivity index (χ2n) is 7.84. The number of carbonyl (C=O) groups is 1. The Morgan fingerprint density at radius 1 is 1.00 bits per heavy atom. The number of imidazole rings is 1. The highest BCUT2D eigenvalue weighted by molar-refractivity contribution is 5.78. The fraction of sp³-hybridized carbons (Fsp3) is 0.667. The molecular formula is C24H39N3O. The molecule has 1 heterocycles. The van der Waals surface area contributed by atoms with Crippen LogP contribution in [-0.4, -0.2) is 22.0 Å². The summed E-state index contributed by atoms with van der Waals surface area (Å²) in [6.07, 6.45) is 11.3. The van der Waals surface area contributed by atoms with Gasteiger partial charge < -0.3 is 9.88 Å². The van der Waals surface area contributed by atoms with Gasteiger partial charge in [-0.3, -0.25) is 4.79 Å². The highest BCUT2D eigenvalue weighted by atomic mass is 16.1. The first-order chi connectivity index (χ1) is 13.7. The molecular weight excluding hydrogens is 346 g/mol. The van der Waals surface area contributed by atoms with Gasteiger partial charge >= 0.3 is 0 Å². The van der Waals surface area contributed by atoms with Crippen molar-refractivity contribution in [2.45, 2.75) is 91.5 Å². The lowest BCUT2D eigenvalue weighted by atomic mass is 10.0. The first-order valence-electron chi connectivity index (χ1n) is 11.4. The summed E-state index contributed by atoms with van der Waals surface area (Å²) < 4.78 is 2.43. The second kappa shape index (κ2) is 12.6. The summed E-state index contributed by atoms with van der Waals surface area (Å²) in [5, 5.41) is 3.10. The zero-order chi connectivity index (χ0) is 20.2. The fourth-order valence-corrected chi connectivity index (χ4v) is 3.86. The van der Waals surface area contributed by atoms with E-state index < -0.39 is 0 Å². The summed E-state index contributed by atoms with van der Waals surface area (Å²) in [5.74, 6) is 1.62. The molecule has 156 valence electrons. The number of para-hydroxylation sites is 2. The molecule has 0 aliphatic carbocycles. The van der Waals surface area contributed by atoms with Gasteiger partial charge in [-0.05, 0) is 44.2 Å². The number of hydrogen-bond acceptors (Lipinski definition) is 2. The number of hydrogen-bond donors (Lipinski definition) is 1. The van der Waals surface area contributed by atoms with Crippen LogP contribution in [-0.2, 0) is 17.8 Å². The maximum Gasteiger partial charge on any atom is 0.223 e. The normalized spacial score (nSPS) is 11.4. The van der Waals surface area contributed by atoms with Crippen LogP contribution in [0.15, 0.2) is 24.3 Å². The Bertz CT molecular complexity index is 703. The lowest BCUT2D eigenvalue weighted by molar-refractivity contribution is -0.125. The van der Waals surface area contributed by atoms with Crippen LogP contribution in [0.5, 0.6) is 0 Å². The lowest BCUT2D eigenvalue weighted by Crippen LogP contribution is -2.30. The van der Waals surface area contributed by atoms with Crippen LogP contribution in [0.25, 0.3) is 11.0 Å². The van der Waals surface area contributed by atoms with E-state index in [0.29, 0.717) is 0 Å². The summed E-state index contributed by atoms with van der Waals surface area (Å²) in [6.45, 7) is 8.29. The monoisotopic (exact) mass is 385 g/mol. The van der Waals surface area contributed by atoms with Gasteiger partial charge in [0.1, 0.15) is 5.82 Å². The first kappa shape index (κ1) is 22.4. The van der Waals surface area contributed by atoms with Crippen molar-refractivity contribution in [1.29, 1.82) is 0 Å². The summed E-state index contributed by atoms with van der Waals surface area (Å²) in [7, 11) is 0. The molecule has 0 unspecified atom stereocenters. The molecule has 0 bridgehead atoms. The van der Waals surface area contributed by atoms with Crippen molar-refractivity contribution >= 4 is 16.9 Å². The van der Waals surface area contributed by atoms with Crippen LogP contribution in [0, 0.1) is 5.92 Å². The third kappa shape index (κ3) is 6.65. The van der Waals surface area contributed by atoms with Gasteiger partial charge in [0.15, 0.2) is 0 Å². The Labute approximate surface area is 171 Å². The van der Waals surface area contributed by atoms with Crippen molar-refractivity contribution in [2.24, 2.45) is 5.92 Å². The Morgan fingerprint density at radius 2 is 1.75 bits per heavy atom. The van der Waals surface area contributed by atoms with Gasteiger partial charge in [-0.15, -0.1) is 0 Å². The number of unbranched alkanes of at least 4 members (excludes halogenated alkanes) is 5. The molecule has 1 N–H and O–H groups in total. The van der Waals surface area contributed by atoms with E-state index >= 15 is 0 Å². The van der Waals surface area contributed by atoms with E-state index in [2.05, 4.69) is 54.9 Å². The third-order valence-corrected chi connectivity index (χ3v) is 5.70. The minimum Gasteiger partial charge on any atom is -0.356 e. The maximum atomic E-state index is 12.0. The predicted octanol–water partition coefficient (Wildman–Crippen LogP) is 5.88. The summed E-state index contributed by atoms with van der Waals surface area (Å²) in [6, 6.07) is 8.50. The second-order valence-corrected chi connectivity index (χ2v) is 7.84. The van der Waals surface area contributed by atoms with Crippen molar-refractivity contribution in [3.63, 3.8) is 0 Å². The topological polar surface area (TPSA) is 46.9 Å². The number of benzene rings is 1. The van der Waals surface area contributed by atoms with Gasteiger partial charge in [-0.1, -0.05) is 58.6 Å². The zero-order valence-electron chi connectivity index (χ0n) is 18.2. The number of fused-ring (bicyclic) bond motifs is 1. The van der Waals surface area contributed by atoms with Gasteiger partial charge in [0, 0.05) is 25.4 Å². The average molecular weight is 386 g/mol. The number of aryl methyl sites for hydroxylation is 2.